The number of halogens is 3. The van der Waals surface area contributed by atoms with Crippen molar-refractivity contribution in [3.05, 3.63) is 65.4 Å². The van der Waals surface area contributed by atoms with Crippen molar-refractivity contribution in [1.29, 1.82) is 0 Å². The van der Waals surface area contributed by atoms with Gasteiger partial charge in [0, 0.05) is 30.2 Å². The van der Waals surface area contributed by atoms with Gasteiger partial charge in [-0.05, 0) is 55.5 Å². The Morgan fingerprint density at radius 3 is 2.45 bits per heavy atom. The predicted octanol–water partition coefficient (Wildman–Crippen LogP) is 5.06. The van der Waals surface area contributed by atoms with E-state index in [1.807, 2.05) is 25.3 Å². The zero-order chi connectivity index (χ0) is 20.8. The van der Waals surface area contributed by atoms with Crippen LogP contribution in [-0.2, 0) is 16.2 Å². The Morgan fingerprint density at radius 1 is 1.07 bits per heavy atom. The Balaban J connectivity index is 1.58. The van der Waals surface area contributed by atoms with Crippen molar-refractivity contribution in [2.45, 2.75) is 36.8 Å². The minimum absolute atomic E-state index is 0.162. The van der Waals surface area contributed by atoms with Gasteiger partial charge in [0.1, 0.15) is 0 Å². The van der Waals surface area contributed by atoms with E-state index in [1.54, 1.807) is 0 Å². The first kappa shape index (κ1) is 20.0. The van der Waals surface area contributed by atoms with Gasteiger partial charge in [0.15, 0.2) is 0 Å². The Labute approximate surface area is 167 Å². The smallest absolute Gasteiger partial charge is 0.361 e. The van der Waals surface area contributed by atoms with Gasteiger partial charge in [-0.3, -0.25) is 0 Å². The van der Waals surface area contributed by atoms with Crippen LogP contribution in [-0.4, -0.2) is 30.8 Å². The summed E-state index contributed by atoms with van der Waals surface area (Å²) in [5.74, 6) is 0.162. The Kier molecular flexibility index (Phi) is 4.94. The number of rotatable bonds is 3. The lowest BCUT2D eigenvalue weighted by Crippen LogP contribution is -2.38. The van der Waals surface area contributed by atoms with E-state index in [0.29, 0.717) is 12.8 Å². The van der Waals surface area contributed by atoms with E-state index in [1.165, 1.54) is 16.4 Å². The second-order valence-electron chi connectivity index (χ2n) is 7.47. The van der Waals surface area contributed by atoms with Gasteiger partial charge >= 0.3 is 6.18 Å². The van der Waals surface area contributed by atoms with Crippen molar-refractivity contribution >= 4 is 20.9 Å². The first-order valence-corrected chi connectivity index (χ1v) is 10.9. The molecule has 1 saturated heterocycles. The first-order chi connectivity index (χ1) is 13.7. The molecule has 8 heteroatoms. The Hall–Kier alpha value is -2.32. The minimum atomic E-state index is -4.72. The second kappa shape index (κ2) is 7.18. The maximum absolute atomic E-state index is 13.3. The van der Waals surface area contributed by atoms with Crippen LogP contribution < -0.4 is 0 Å². The third-order valence-electron chi connectivity index (χ3n) is 5.57. The molecule has 0 unspecified atom stereocenters. The molecule has 0 radical (unpaired) electrons. The van der Waals surface area contributed by atoms with E-state index >= 15 is 0 Å². The van der Waals surface area contributed by atoms with Crippen LogP contribution in [0.3, 0.4) is 0 Å². The molecule has 1 aromatic heterocycles. The molecule has 154 valence electrons. The second-order valence-corrected chi connectivity index (χ2v) is 9.37. The lowest BCUT2D eigenvalue weighted by Gasteiger charge is -2.31. The van der Waals surface area contributed by atoms with Crippen LogP contribution in [0.25, 0.3) is 10.9 Å². The van der Waals surface area contributed by atoms with Gasteiger partial charge in [0.2, 0.25) is 10.0 Å². The van der Waals surface area contributed by atoms with E-state index in [9.17, 15) is 21.6 Å². The third kappa shape index (κ3) is 3.67. The standard InChI is InChI=1S/C21H21F3N2O2S/c1-14-6-7-19-16(12-14)17(13-25-19)15-8-10-26(11-9-15)29(27,28)20-5-3-2-4-18(20)21(22,23)24/h2-7,12-13,15,25H,8-11H2,1H3. The summed E-state index contributed by atoms with van der Waals surface area (Å²) in [6, 6.07) is 10.5. The van der Waals surface area contributed by atoms with Gasteiger partial charge < -0.3 is 4.98 Å². The highest BCUT2D eigenvalue weighted by molar-refractivity contribution is 7.89. The average molecular weight is 422 g/mol. The molecule has 1 N–H and O–H groups in total. The molecule has 0 amide bonds. The first-order valence-electron chi connectivity index (χ1n) is 9.42. The molecule has 4 nitrogen and oxygen atoms in total. The van der Waals surface area contributed by atoms with Gasteiger partial charge in [0.05, 0.1) is 10.5 Å². The Morgan fingerprint density at radius 2 is 1.76 bits per heavy atom. The van der Waals surface area contributed by atoms with E-state index in [2.05, 4.69) is 11.1 Å². The van der Waals surface area contributed by atoms with Gasteiger partial charge in [0.25, 0.3) is 0 Å². The SMILES string of the molecule is Cc1ccc2[nH]cc(C3CCN(S(=O)(=O)c4ccccc4C(F)(F)F)CC3)c2c1. The van der Waals surface area contributed by atoms with Crippen LogP contribution in [0, 0.1) is 6.92 Å². The van der Waals surface area contributed by atoms with Crippen LogP contribution in [0.5, 0.6) is 0 Å². The number of aromatic nitrogens is 1. The molecule has 29 heavy (non-hydrogen) atoms. The lowest BCUT2D eigenvalue weighted by atomic mass is 9.90. The van der Waals surface area contributed by atoms with Crippen molar-refractivity contribution in [3.63, 3.8) is 0 Å². The van der Waals surface area contributed by atoms with E-state index in [-0.39, 0.29) is 19.0 Å². The molecule has 2 heterocycles. The third-order valence-corrected chi connectivity index (χ3v) is 7.53. The zero-order valence-corrected chi connectivity index (χ0v) is 16.6. The van der Waals surface area contributed by atoms with Crippen LogP contribution in [0.4, 0.5) is 13.2 Å². The monoisotopic (exact) mass is 422 g/mol. The Bertz CT molecular complexity index is 1140. The number of alkyl halides is 3. The highest BCUT2D eigenvalue weighted by Crippen LogP contribution is 2.38. The summed E-state index contributed by atoms with van der Waals surface area (Å²) in [7, 11) is -4.21. The fraction of sp³-hybridized carbons (Fsp3) is 0.333. The molecule has 3 aromatic rings. The van der Waals surface area contributed by atoms with Crippen molar-refractivity contribution in [2.24, 2.45) is 0 Å². The molecule has 0 saturated carbocycles. The number of aromatic amines is 1. The quantitative estimate of drug-likeness (QED) is 0.641. The molecule has 0 atom stereocenters. The summed E-state index contributed by atoms with van der Waals surface area (Å²) in [4.78, 5) is 2.57. The van der Waals surface area contributed by atoms with Crippen LogP contribution >= 0.6 is 0 Å². The molecule has 0 bridgehead atoms. The molecular formula is C21H21F3N2O2S. The van der Waals surface area contributed by atoms with Crippen LogP contribution in [0.15, 0.2) is 53.6 Å². The van der Waals surface area contributed by atoms with E-state index in [0.717, 1.165) is 34.2 Å². The fourth-order valence-electron chi connectivity index (χ4n) is 4.07. The van der Waals surface area contributed by atoms with Gasteiger partial charge in [-0.25, -0.2) is 8.42 Å². The van der Waals surface area contributed by atoms with Crippen LogP contribution in [0.1, 0.15) is 35.4 Å². The number of hydrogen-bond donors (Lipinski definition) is 1. The minimum Gasteiger partial charge on any atom is -0.361 e. The largest absolute Gasteiger partial charge is 0.417 e. The number of piperidine rings is 1. The molecular weight excluding hydrogens is 401 g/mol. The molecule has 1 fully saturated rings. The topological polar surface area (TPSA) is 53.2 Å². The maximum atomic E-state index is 13.3. The number of nitrogens with one attached hydrogen (secondary N) is 1. The van der Waals surface area contributed by atoms with Crippen molar-refractivity contribution in [2.75, 3.05) is 13.1 Å². The summed E-state index contributed by atoms with van der Waals surface area (Å²) in [6.45, 7) is 2.40. The zero-order valence-electron chi connectivity index (χ0n) is 15.8. The van der Waals surface area contributed by atoms with Gasteiger partial charge in [-0.1, -0.05) is 23.8 Å². The lowest BCUT2D eigenvalue weighted by molar-refractivity contribution is -0.139. The number of H-pyrrole nitrogens is 1. The van der Waals surface area contributed by atoms with Crippen LogP contribution in [0.2, 0.25) is 0 Å². The maximum Gasteiger partial charge on any atom is 0.417 e. The van der Waals surface area contributed by atoms with Crippen molar-refractivity contribution in [3.8, 4) is 0 Å². The molecule has 1 aliphatic rings. The molecule has 2 aromatic carbocycles. The summed E-state index contributed by atoms with van der Waals surface area (Å²) >= 11 is 0. The highest BCUT2D eigenvalue weighted by Gasteiger charge is 2.39. The number of aryl methyl sites for hydroxylation is 1. The molecule has 1 aliphatic heterocycles. The van der Waals surface area contributed by atoms with Gasteiger partial charge in [-0.2, -0.15) is 17.5 Å². The summed E-state index contributed by atoms with van der Waals surface area (Å²) in [5.41, 5.74) is 2.19. The number of sulfonamides is 1. The summed E-state index contributed by atoms with van der Waals surface area (Å²) in [6.07, 6.45) is -1.63. The van der Waals surface area contributed by atoms with Gasteiger partial charge in [-0.15, -0.1) is 0 Å². The van der Waals surface area contributed by atoms with E-state index in [4.69, 9.17) is 0 Å². The summed E-state index contributed by atoms with van der Waals surface area (Å²) < 4.78 is 66.9. The summed E-state index contributed by atoms with van der Waals surface area (Å²) in [5, 5.41) is 1.12. The predicted molar refractivity (Wildman–Crippen MR) is 105 cm³/mol. The highest BCUT2D eigenvalue weighted by atomic mass is 32.2. The molecule has 0 aliphatic carbocycles. The fourth-order valence-corrected chi connectivity index (χ4v) is 5.75. The van der Waals surface area contributed by atoms with Crippen molar-refractivity contribution in [1.82, 2.24) is 9.29 Å². The number of hydrogen-bond acceptors (Lipinski definition) is 2. The normalized spacial score (nSPS) is 17.1. The average Bonchev–Trinajstić information content (AvgIpc) is 3.10. The van der Waals surface area contributed by atoms with Crippen molar-refractivity contribution < 1.29 is 21.6 Å². The number of fused-ring (bicyclic) bond motifs is 1. The number of benzene rings is 2. The molecule has 0 spiro atoms. The molecule has 4 rings (SSSR count). The van der Waals surface area contributed by atoms with E-state index < -0.39 is 26.7 Å². The number of nitrogens with zero attached hydrogens (tertiary/aromatic N) is 1.